The van der Waals surface area contributed by atoms with Crippen LogP contribution in [0, 0.1) is 6.92 Å². The van der Waals surface area contributed by atoms with Gasteiger partial charge in [-0.05, 0) is 29.7 Å². The van der Waals surface area contributed by atoms with Gasteiger partial charge in [-0.15, -0.1) is 0 Å². The molecule has 0 fully saturated rings. The maximum atomic E-state index is 11.9. The summed E-state index contributed by atoms with van der Waals surface area (Å²) in [6.07, 6.45) is 0.365. The normalized spacial score (nSPS) is 10.3. The van der Waals surface area contributed by atoms with E-state index in [0.29, 0.717) is 26.2 Å². The molecule has 0 aliphatic rings. The van der Waals surface area contributed by atoms with Crippen LogP contribution in [-0.2, 0) is 22.6 Å². The van der Waals surface area contributed by atoms with Crippen LogP contribution < -0.4 is 10.1 Å². The molecule has 0 aromatic heterocycles. The summed E-state index contributed by atoms with van der Waals surface area (Å²) in [5.41, 5.74) is 3.14. The number of nitrogens with one attached hydrogen (secondary N) is 1. The van der Waals surface area contributed by atoms with Gasteiger partial charge in [0.2, 0.25) is 5.91 Å². The Kier molecular flexibility index (Phi) is 6.63. The van der Waals surface area contributed by atoms with Crippen LogP contribution in [0.1, 0.15) is 16.7 Å². The Balaban J connectivity index is 1.66. The molecule has 4 nitrogen and oxygen atoms in total. The Hall–Kier alpha value is -2.33. The topological polar surface area (TPSA) is 47.6 Å². The number of carbonyl (C=O) groups is 1. The third-order valence-electron chi connectivity index (χ3n) is 3.50. The fourth-order valence-corrected chi connectivity index (χ4v) is 2.33. The molecular weight excluding hydrogens is 290 g/mol. The average molecular weight is 313 g/mol. The van der Waals surface area contributed by atoms with Gasteiger partial charge in [0.1, 0.15) is 5.75 Å². The number of aryl methyl sites for hydroxylation is 1. The number of hydrogen-bond acceptors (Lipinski definition) is 3. The first-order chi connectivity index (χ1) is 11.2. The molecule has 1 amide bonds. The van der Waals surface area contributed by atoms with Crippen LogP contribution in [0.2, 0.25) is 0 Å². The smallest absolute Gasteiger partial charge is 0.224 e. The number of carbonyl (C=O) groups excluding carboxylic acids is 1. The Morgan fingerprint density at radius 2 is 1.87 bits per heavy atom. The van der Waals surface area contributed by atoms with Crippen molar-refractivity contribution < 1.29 is 14.3 Å². The number of rotatable bonds is 8. The quantitative estimate of drug-likeness (QED) is 0.762. The highest BCUT2D eigenvalue weighted by Crippen LogP contribution is 2.18. The van der Waals surface area contributed by atoms with Crippen molar-refractivity contribution in [3.8, 4) is 5.75 Å². The molecule has 0 saturated heterocycles. The van der Waals surface area contributed by atoms with Crippen molar-refractivity contribution in [3.63, 3.8) is 0 Å². The van der Waals surface area contributed by atoms with Crippen molar-refractivity contribution in [1.29, 1.82) is 0 Å². The molecule has 0 atom stereocenters. The largest absolute Gasteiger partial charge is 0.496 e. The first kappa shape index (κ1) is 17.0. The minimum Gasteiger partial charge on any atom is -0.496 e. The van der Waals surface area contributed by atoms with Crippen LogP contribution in [0.5, 0.6) is 5.75 Å². The second-order valence-corrected chi connectivity index (χ2v) is 5.37. The molecule has 2 rings (SSSR count). The highest BCUT2D eigenvalue weighted by atomic mass is 16.5. The molecule has 0 radical (unpaired) electrons. The number of amides is 1. The summed E-state index contributed by atoms with van der Waals surface area (Å²) in [7, 11) is 1.64. The predicted molar refractivity (Wildman–Crippen MR) is 90.5 cm³/mol. The summed E-state index contributed by atoms with van der Waals surface area (Å²) >= 11 is 0. The minimum atomic E-state index is -0.00196. The lowest BCUT2D eigenvalue weighted by atomic mass is 10.1. The number of hydrogen-bond donors (Lipinski definition) is 1. The molecule has 0 spiro atoms. The summed E-state index contributed by atoms with van der Waals surface area (Å²) in [5.74, 6) is 0.835. The molecule has 4 heteroatoms. The van der Waals surface area contributed by atoms with E-state index in [-0.39, 0.29) is 5.91 Å². The van der Waals surface area contributed by atoms with E-state index >= 15 is 0 Å². The lowest BCUT2D eigenvalue weighted by molar-refractivity contribution is -0.120. The Morgan fingerprint density at radius 3 is 2.57 bits per heavy atom. The lowest BCUT2D eigenvalue weighted by Crippen LogP contribution is -2.28. The summed E-state index contributed by atoms with van der Waals surface area (Å²) in [4.78, 5) is 11.9. The fourth-order valence-electron chi connectivity index (χ4n) is 2.33. The van der Waals surface area contributed by atoms with Gasteiger partial charge in [0.25, 0.3) is 0 Å². The predicted octanol–water partition coefficient (Wildman–Crippen LogP) is 2.88. The van der Waals surface area contributed by atoms with E-state index in [0.717, 1.165) is 22.4 Å². The van der Waals surface area contributed by atoms with Crippen LogP contribution in [0.25, 0.3) is 0 Å². The molecule has 23 heavy (non-hydrogen) atoms. The van der Waals surface area contributed by atoms with Crippen molar-refractivity contribution in [3.05, 3.63) is 65.2 Å². The lowest BCUT2D eigenvalue weighted by Gasteiger charge is -2.09. The molecule has 2 aromatic carbocycles. The molecule has 2 aromatic rings. The highest BCUT2D eigenvalue weighted by Gasteiger charge is 2.05. The highest BCUT2D eigenvalue weighted by molar-refractivity contribution is 5.78. The van der Waals surface area contributed by atoms with E-state index in [2.05, 4.69) is 5.32 Å². The van der Waals surface area contributed by atoms with Crippen molar-refractivity contribution >= 4 is 5.91 Å². The van der Waals surface area contributed by atoms with Crippen LogP contribution >= 0.6 is 0 Å². The molecule has 0 heterocycles. The zero-order valence-corrected chi connectivity index (χ0v) is 13.7. The van der Waals surface area contributed by atoms with Gasteiger partial charge >= 0.3 is 0 Å². The minimum absolute atomic E-state index is 0.00196. The van der Waals surface area contributed by atoms with Crippen LogP contribution in [-0.4, -0.2) is 26.2 Å². The van der Waals surface area contributed by atoms with Gasteiger partial charge in [-0.2, -0.15) is 0 Å². The third-order valence-corrected chi connectivity index (χ3v) is 3.50. The standard InChI is InChI=1S/C19H23NO3/c1-15-12-17(8-9-18(15)22-2)13-19(21)20-10-11-23-14-16-6-4-3-5-7-16/h3-9,12H,10-11,13-14H2,1-2H3,(H,20,21). The summed E-state index contributed by atoms with van der Waals surface area (Å²) in [6.45, 7) is 3.55. The van der Waals surface area contributed by atoms with E-state index in [9.17, 15) is 4.79 Å². The molecule has 0 aliphatic carbocycles. The molecule has 1 N–H and O–H groups in total. The van der Waals surface area contributed by atoms with Gasteiger partial charge in [-0.1, -0.05) is 42.5 Å². The van der Waals surface area contributed by atoms with Crippen LogP contribution in [0.3, 0.4) is 0 Å². The van der Waals surface area contributed by atoms with E-state index in [1.165, 1.54) is 0 Å². The van der Waals surface area contributed by atoms with Crippen molar-refractivity contribution in [2.75, 3.05) is 20.3 Å². The van der Waals surface area contributed by atoms with Gasteiger partial charge in [-0.25, -0.2) is 0 Å². The fraction of sp³-hybridized carbons (Fsp3) is 0.316. The van der Waals surface area contributed by atoms with Gasteiger partial charge in [-0.3, -0.25) is 4.79 Å². The first-order valence-electron chi connectivity index (χ1n) is 7.71. The monoisotopic (exact) mass is 313 g/mol. The first-order valence-corrected chi connectivity index (χ1v) is 7.71. The number of benzene rings is 2. The number of methoxy groups -OCH3 is 1. The molecular formula is C19H23NO3. The summed E-state index contributed by atoms with van der Waals surface area (Å²) in [6, 6.07) is 15.8. The maximum Gasteiger partial charge on any atom is 0.224 e. The van der Waals surface area contributed by atoms with Gasteiger partial charge < -0.3 is 14.8 Å². The van der Waals surface area contributed by atoms with Gasteiger partial charge in [0.15, 0.2) is 0 Å². The Labute approximate surface area is 137 Å². The molecule has 0 saturated carbocycles. The van der Waals surface area contributed by atoms with Crippen molar-refractivity contribution in [1.82, 2.24) is 5.32 Å². The molecule has 0 unspecified atom stereocenters. The summed E-state index contributed by atoms with van der Waals surface area (Å²) < 4.78 is 10.8. The number of ether oxygens (including phenoxy) is 2. The molecule has 0 bridgehead atoms. The zero-order valence-electron chi connectivity index (χ0n) is 13.7. The molecule has 0 aliphatic heterocycles. The van der Waals surface area contributed by atoms with Gasteiger partial charge in [0.05, 0.1) is 26.7 Å². The molecule has 122 valence electrons. The Bertz CT molecular complexity index is 626. The van der Waals surface area contributed by atoms with Gasteiger partial charge in [0, 0.05) is 6.54 Å². The van der Waals surface area contributed by atoms with E-state index in [4.69, 9.17) is 9.47 Å². The van der Waals surface area contributed by atoms with Crippen LogP contribution in [0.15, 0.2) is 48.5 Å². The van der Waals surface area contributed by atoms with Crippen LogP contribution in [0.4, 0.5) is 0 Å². The second-order valence-electron chi connectivity index (χ2n) is 5.37. The maximum absolute atomic E-state index is 11.9. The third kappa shape index (κ3) is 5.75. The Morgan fingerprint density at radius 1 is 1.09 bits per heavy atom. The van der Waals surface area contributed by atoms with Crippen molar-refractivity contribution in [2.45, 2.75) is 20.0 Å². The van der Waals surface area contributed by atoms with E-state index in [1.807, 2.05) is 55.5 Å². The zero-order chi connectivity index (χ0) is 16.5. The van der Waals surface area contributed by atoms with E-state index in [1.54, 1.807) is 7.11 Å². The second kappa shape index (κ2) is 8.96. The SMILES string of the molecule is COc1ccc(CC(=O)NCCOCc2ccccc2)cc1C. The summed E-state index contributed by atoms with van der Waals surface area (Å²) in [5, 5.41) is 2.87. The average Bonchev–Trinajstić information content (AvgIpc) is 2.56. The van der Waals surface area contributed by atoms with Crippen molar-refractivity contribution in [2.24, 2.45) is 0 Å². The van der Waals surface area contributed by atoms with E-state index < -0.39 is 0 Å².